The molecule has 0 saturated heterocycles. The summed E-state index contributed by atoms with van der Waals surface area (Å²) < 4.78 is 0. The molecule has 0 aliphatic rings. The summed E-state index contributed by atoms with van der Waals surface area (Å²) in [6.07, 6.45) is 4.05. The van der Waals surface area contributed by atoms with Crippen LogP contribution in [0.5, 0.6) is 0 Å². The Morgan fingerprint density at radius 2 is 0.734 bits per heavy atom. The van der Waals surface area contributed by atoms with Crippen LogP contribution >= 0.6 is 0 Å². The van der Waals surface area contributed by atoms with E-state index in [-0.39, 0.29) is 39.0 Å². The third kappa shape index (κ3) is 18.5. The van der Waals surface area contributed by atoms with E-state index < -0.39 is 0 Å². The van der Waals surface area contributed by atoms with E-state index in [1.165, 1.54) is 22.3 Å². The summed E-state index contributed by atoms with van der Waals surface area (Å²) in [5.41, 5.74) is 18.2. The van der Waals surface area contributed by atoms with Crippen LogP contribution in [0, 0.1) is 50.4 Å². The predicted molar refractivity (Wildman–Crippen MR) is 261 cm³/mol. The smallest absolute Gasteiger partial charge is 0.857 e. The van der Waals surface area contributed by atoms with Gasteiger partial charge in [-0.3, -0.25) is 9.98 Å². The molecule has 0 heterocycles. The number of hydrogen-bond donors (Lipinski definition) is 0. The van der Waals surface area contributed by atoms with Crippen molar-refractivity contribution in [2.45, 2.75) is 134 Å². The Hall–Kier alpha value is -4.55. The summed E-state index contributed by atoms with van der Waals surface area (Å²) in [6.45, 7) is 33.7. The molecule has 0 unspecified atom stereocenters. The molecule has 0 radical (unpaired) electrons. The molecule has 0 atom stereocenters. The van der Waals surface area contributed by atoms with E-state index in [0.717, 1.165) is 82.0 Å². The number of benzene rings is 4. The van der Waals surface area contributed by atoms with Gasteiger partial charge in [-0.25, -0.2) is 0 Å². The average molecular weight is 966 g/mol. The van der Waals surface area contributed by atoms with Crippen LogP contribution in [-0.2, 0) is 39.0 Å². The summed E-state index contributed by atoms with van der Waals surface area (Å²) in [4.78, 5) is 9.98. The Morgan fingerprint density at radius 1 is 0.500 bits per heavy atom. The van der Waals surface area contributed by atoms with Gasteiger partial charge in [0.15, 0.2) is 0 Å². The van der Waals surface area contributed by atoms with Gasteiger partial charge in [0.25, 0.3) is 0 Å². The van der Waals surface area contributed by atoms with E-state index in [2.05, 4.69) is 104 Å². The van der Waals surface area contributed by atoms with Gasteiger partial charge >= 0.3 is 39.0 Å². The van der Waals surface area contributed by atoms with Gasteiger partial charge in [0.2, 0.25) is 0 Å². The molecule has 0 N–H and O–H groups in total. The number of nitriles is 2. The molecule has 64 heavy (non-hydrogen) atoms. The number of nitrogens with zero attached hydrogens (tertiary/aromatic N) is 6. The number of aryl methyl sites for hydroxylation is 4. The molecular weight excluding hydrogens is 895 g/mol. The zero-order chi connectivity index (χ0) is 47.4. The maximum Gasteiger partial charge on any atom is 2.00 e. The summed E-state index contributed by atoms with van der Waals surface area (Å²) in [6, 6.07) is 24.9. The van der Waals surface area contributed by atoms with E-state index in [9.17, 15) is 0 Å². The zero-order valence-corrected chi connectivity index (χ0v) is 48.1. The van der Waals surface area contributed by atoms with E-state index >= 15 is 0 Å². The molecule has 0 fully saturated rings. The molecule has 0 aliphatic heterocycles. The minimum atomic E-state index is 0. The van der Waals surface area contributed by atoms with Crippen molar-refractivity contribution >= 4 is 34.2 Å². The fourth-order valence-corrected chi connectivity index (χ4v) is 7.11. The SMILES string of the molecule is CC(/C=C(/C)[N-]c1c(C)cc(C#N)cc1C)=Nc1c(C(C)C)cccc1C(C)C.CC(/C=C(/C)[N-]c1c(C)cc(C#N)cc1C)=Nc1c(C(C)C)cccc1C(C)C.C[O-].C[O-].[Zn+2].[Zn+2]. The third-order valence-corrected chi connectivity index (χ3v) is 9.91. The number of rotatable bonds is 12. The Kier molecular flexibility index (Phi) is 29.4. The topological polar surface area (TPSA) is 147 Å². The van der Waals surface area contributed by atoms with E-state index in [1.807, 2.05) is 91.8 Å². The van der Waals surface area contributed by atoms with Gasteiger partial charge in [0, 0.05) is 11.4 Å². The monoisotopic (exact) mass is 962 g/mol. The van der Waals surface area contributed by atoms with Gasteiger partial charge in [0.05, 0.1) is 34.6 Å². The van der Waals surface area contributed by atoms with Gasteiger partial charge < -0.3 is 20.8 Å². The van der Waals surface area contributed by atoms with Crippen molar-refractivity contribution in [3.8, 4) is 12.1 Å². The second-order valence-electron chi connectivity index (χ2n) is 16.6. The number of hydrogen-bond acceptors (Lipinski definition) is 6. The normalized spacial score (nSPS) is 11.5. The molecule has 332 valence electrons. The summed E-state index contributed by atoms with van der Waals surface area (Å²) in [5, 5.41) is 44.4. The van der Waals surface area contributed by atoms with Crippen molar-refractivity contribution in [1.82, 2.24) is 0 Å². The maximum absolute atomic E-state index is 9.13. The molecule has 10 heteroatoms. The van der Waals surface area contributed by atoms with Crippen LogP contribution in [0.4, 0.5) is 22.7 Å². The van der Waals surface area contributed by atoms with Crippen LogP contribution in [0.25, 0.3) is 10.6 Å². The second-order valence-corrected chi connectivity index (χ2v) is 16.6. The zero-order valence-electron chi connectivity index (χ0n) is 42.2. The first kappa shape index (κ1) is 61.5. The van der Waals surface area contributed by atoms with E-state index in [1.54, 1.807) is 0 Å². The van der Waals surface area contributed by atoms with E-state index in [4.69, 9.17) is 41.4 Å². The number of aliphatic imine (C=N–C) groups is 2. The van der Waals surface area contributed by atoms with Gasteiger partial charge in [0.1, 0.15) is 0 Å². The fourth-order valence-electron chi connectivity index (χ4n) is 7.11. The van der Waals surface area contributed by atoms with Crippen LogP contribution in [0.3, 0.4) is 0 Å². The van der Waals surface area contributed by atoms with Crippen LogP contribution < -0.4 is 10.2 Å². The summed E-state index contributed by atoms with van der Waals surface area (Å²) in [7, 11) is 1.50. The predicted octanol–water partition coefficient (Wildman–Crippen LogP) is 14.2. The first-order chi connectivity index (χ1) is 29.3. The Balaban J connectivity index is 0. The Labute approximate surface area is 412 Å². The second kappa shape index (κ2) is 30.6. The first-order valence-corrected chi connectivity index (χ1v) is 21.3. The van der Waals surface area contributed by atoms with Crippen molar-refractivity contribution in [2.24, 2.45) is 9.98 Å². The standard InChI is InChI=1S/2C26H32N3.2CH3O.2Zn/c2*1-16(2)23-10-9-11-24(17(3)4)26(23)29-21(8)14-20(7)28-25-18(5)12-22(15-27)13-19(25)6;2*1-2;;/h2*9-14,16-17H,1-8H3;2*1H3;;/q4*-1;2*+2/b2*20-14-,29-21?;;;;. The van der Waals surface area contributed by atoms with Crippen LogP contribution in [-0.4, -0.2) is 25.6 Å². The molecule has 4 rings (SSSR count). The fraction of sp³-hybridized carbons (Fsp3) is 0.407. The molecule has 8 nitrogen and oxygen atoms in total. The summed E-state index contributed by atoms with van der Waals surface area (Å²) in [5.74, 6) is 1.66. The van der Waals surface area contributed by atoms with Gasteiger partial charge in [-0.05, 0) is 112 Å². The molecular formula is C54H70N6O2Zn2. The van der Waals surface area contributed by atoms with Crippen molar-refractivity contribution in [1.29, 1.82) is 10.5 Å². The van der Waals surface area contributed by atoms with Crippen LogP contribution in [0.15, 0.2) is 94.2 Å². The quantitative estimate of drug-likeness (QED) is 0.103. The minimum absolute atomic E-state index is 0. The van der Waals surface area contributed by atoms with Gasteiger partial charge in [-0.1, -0.05) is 140 Å². The van der Waals surface area contributed by atoms with E-state index in [0.29, 0.717) is 34.8 Å². The molecule has 0 aliphatic carbocycles. The van der Waals surface area contributed by atoms with Crippen molar-refractivity contribution in [3.05, 3.63) is 150 Å². The molecule has 4 aromatic rings. The molecule has 0 saturated carbocycles. The van der Waals surface area contributed by atoms with Crippen LogP contribution in [0.2, 0.25) is 0 Å². The molecule has 0 spiro atoms. The number of allylic oxidation sites excluding steroid dienone is 4. The molecule has 0 bridgehead atoms. The van der Waals surface area contributed by atoms with Gasteiger partial charge in [-0.2, -0.15) is 36.1 Å². The maximum atomic E-state index is 9.13. The van der Waals surface area contributed by atoms with Crippen molar-refractivity contribution in [3.63, 3.8) is 0 Å². The molecule has 0 aromatic heterocycles. The number of para-hydroxylation sites is 2. The Morgan fingerprint density at radius 3 is 0.938 bits per heavy atom. The molecule has 4 aromatic carbocycles. The summed E-state index contributed by atoms with van der Waals surface area (Å²) >= 11 is 0. The van der Waals surface area contributed by atoms with Crippen LogP contribution in [0.1, 0.15) is 162 Å². The van der Waals surface area contributed by atoms with Crippen molar-refractivity contribution < 1.29 is 49.2 Å². The van der Waals surface area contributed by atoms with Crippen molar-refractivity contribution in [2.75, 3.05) is 14.2 Å². The average Bonchev–Trinajstić information content (AvgIpc) is 3.21. The minimum Gasteiger partial charge on any atom is -0.857 e. The first-order valence-electron chi connectivity index (χ1n) is 21.3. The Bertz CT molecular complexity index is 2060. The molecule has 0 amide bonds. The van der Waals surface area contributed by atoms with Gasteiger partial charge in [-0.15, -0.1) is 11.4 Å². The largest absolute Gasteiger partial charge is 2.00 e. The third-order valence-electron chi connectivity index (χ3n) is 9.91.